The average Bonchev–Trinajstić information content (AvgIpc) is 2.32. The van der Waals surface area contributed by atoms with E-state index < -0.39 is 0 Å². The number of nitrogens with zero attached hydrogens (tertiary/aromatic N) is 1. The monoisotopic (exact) mass is 228 g/mol. The fraction of sp³-hybridized carbons (Fsp3) is 0.214. The summed E-state index contributed by atoms with van der Waals surface area (Å²) >= 11 is 0. The van der Waals surface area contributed by atoms with Gasteiger partial charge in [0.05, 0.1) is 6.20 Å². The zero-order valence-corrected chi connectivity index (χ0v) is 10.1. The van der Waals surface area contributed by atoms with Crippen LogP contribution in [0.5, 0.6) is 11.5 Å². The number of pyridine rings is 1. The van der Waals surface area contributed by atoms with Gasteiger partial charge in [0.1, 0.15) is 17.3 Å². The molecule has 3 nitrogen and oxygen atoms in total. The Morgan fingerprint density at radius 2 is 1.94 bits per heavy atom. The van der Waals surface area contributed by atoms with E-state index >= 15 is 0 Å². The van der Waals surface area contributed by atoms with Crippen molar-refractivity contribution in [2.24, 2.45) is 0 Å². The van der Waals surface area contributed by atoms with Crippen molar-refractivity contribution in [3.8, 4) is 11.5 Å². The molecule has 1 aromatic heterocycles. The first kappa shape index (κ1) is 11.5. The van der Waals surface area contributed by atoms with Crippen LogP contribution in [0.4, 0.5) is 5.82 Å². The first-order valence-corrected chi connectivity index (χ1v) is 5.64. The Bertz CT molecular complexity index is 492. The third kappa shape index (κ3) is 2.97. The zero-order chi connectivity index (χ0) is 12.3. The van der Waals surface area contributed by atoms with Crippen molar-refractivity contribution in [3.63, 3.8) is 0 Å². The number of ether oxygens (including phenoxy) is 1. The maximum Gasteiger partial charge on any atom is 0.145 e. The molecule has 0 radical (unpaired) electrons. The first-order valence-electron chi connectivity index (χ1n) is 5.64. The summed E-state index contributed by atoms with van der Waals surface area (Å²) in [5, 5.41) is 0. The SMILES string of the molecule is CC(C)c1cccc(Oc2ccc(N)nc2)c1. The van der Waals surface area contributed by atoms with Gasteiger partial charge in [-0.2, -0.15) is 0 Å². The largest absolute Gasteiger partial charge is 0.456 e. The van der Waals surface area contributed by atoms with Gasteiger partial charge in [-0.15, -0.1) is 0 Å². The molecule has 0 saturated carbocycles. The second-order valence-corrected chi connectivity index (χ2v) is 4.25. The third-order valence-corrected chi connectivity index (χ3v) is 2.52. The minimum atomic E-state index is 0.489. The van der Waals surface area contributed by atoms with Gasteiger partial charge in [0.2, 0.25) is 0 Å². The van der Waals surface area contributed by atoms with Crippen LogP contribution in [0.1, 0.15) is 25.3 Å². The molecule has 0 aliphatic carbocycles. The van der Waals surface area contributed by atoms with Crippen LogP contribution in [0.3, 0.4) is 0 Å². The summed E-state index contributed by atoms with van der Waals surface area (Å²) in [6, 6.07) is 11.6. The molecule has 0 atom stereocenters. The molecule has 88 valence electrons. The molecule has 1 aromatic carbocycles. The van der Waals surface area contributed by atoms with Gasteiger partial charge in [-0.05, 0) is 35.7 Å². The summed E-state index contributed by atoms with van der Waals surface area (Å²) in [6.07, 6.45) is 1.62. The van der Waals surface area contributed by atoms with Gasteiger partial charge in [0, 0.05) is 0 Å². The van der Waals surface area contributed by atoms with Gasteiger partial charge in [-0.3, -0.25) is 0 Å². The Balaban J connectivity index is 2.18. The summed E-state index contributed by atoms with van der Waals surface area (Å²) < 4.78 is 5.71. The van der Waals surface area contributed by atoms with Gasteiger partial charge >= 0.3 is 0 Å². The maximum absolute atomic E-state index is 5.71. The van der Waals surface area contributed by atoms with Crippen LogP contribution in [0.2, 0.25) is 0 Å². The van der Waals surface area contributed by atoms with Crippen LogP contribution in [-0.4, -0.2) is 4.98 Å². The van der Waals surface area contributed by atoms with E-state index in [-0.39, 0.29) is 0 Å². The van der Waals surface area contributed by atoms with Gasteiger partial charge < -0.3 is 10.5 Å². The molecule has 17 heavy (non-hydrogen) atoms. The minimum absolute atomic E-state index is 0.489. The Labute approximate surface area is 101 Å². The highest BCUT2D eigenvalue weighted by molar-refractivity contribution is 5.37. The van der Waals surface area contributed by atoms with E-state index in [2.05, 4.69) is 24.9 Å². The lowest BCUT2D eigenvalue weighted by Gasteiger charge is -2.09. The second kappa shape index (κ2) is 4.87. The van der Waals surface area contributed by atoms with E-state index in [1.165, 1.54) is 5.56 Å². The Hall–Kier alpha value is -2.03. The van der Waals surface area contributed by atoms with E-state index in [4.69, 9.17) is 10.5 Å². The molecule has 0 unspecified atom stereocenters. The Kier molecular flexibility index (Phi) is 3.28. The molecule has 0 spiro atoms. The number of hydrogen-bond donors (Lipinski definition) is 1. The summed E-state index contributed by atoms with van der Waals surface area (Å²) in [5.74, 6) is 2.50. The van der Waals surface area contributed by atoms with Gasteiger partial charge in [-0.25, -0.2) is 4.98 Å². The quantitative estimate of drug-likeness (QED) is 0.873. The fourth-order valence-corrected chi connectivity index (χ4v) is 1.53. The molecule has 3 heteroatoms. The lowest BCUT2D eigenvalue weighted by molar-refractivity contribution is 0.479. The van der Waals surface area contributed by atoms with Crippen LogP contribution < -0.4 is 10.5 Å². The maximum atomic E-state index is 5.71. The van der Waals surface area contributed by atoms with Crippen molar-refractivity contribution in [1.82, 2.24) is 4.98 Å². The van der Waals surface area contributed by atoms with Crippen molar-refractivity contribution in [2.75, 3.05) is 5.73 Å². The third-order valence-electron chi connectivity index (χ3n) is 2.52. The molecule has 0 aliphatic rings. The number of benzene rings is 1. The van der Waals surface area contributed by atoms with Gasteiger partial charge in [0.25, 0.3) is 0 Å². The molecule has 2 rings (SSSR count). The van der Waals surface area contributed by atoms with Gasteiger partial charge in [0.15, 0.2) is 0 Å². The number of aromatic nitrogens is 1. The average molecular weight is 228 g/mol. The van der Waals surface area contributed by atoms with Crippen LogP contribution in [-0.2, 0) is 0 Å². The lowest BCUT2D eigenvalue weighted by atomic mass is 10.0. The van der Waals surface area contributed by atoms with Crippen molar-refractivity contribution in [1.29, 1.82) is 0 Å². The summed E-state index contributed by atoms with van der Waals surface area (Å²) in [6.45, 7) is 4.31. The van der Waals surface area contributed by atoms with Crippen LogP contribution in [0.15, 0.2) is 42.6 Å². The van der Waals surface area contributed by atoms with Crippen molar-refractivity contribution in [3.05, 3.63) is 48.2 Å². The first-order chi connectivity index (χ1) is 8.15. The summed E-state index contributed by atoms with van der Waals surface area (Å²) in [5.41, 5.74) is 6.77. The molecule has 0 fully saturated rings. The zero-order valence-electron chi connectivity index (χ0n) is 10.1. The van der Waals surface area contributed by atoms with Crippen molar-refractivity contribution < 1.29 is 4.74 Å². The summed E-state index contributed by atoms with van der Waals surface area (Å²) in [4.78, 5) is 3.99. The number of nitrogen functional groups attached to an aromatic ring is 1. The van der Waals surface area contributed by atoms with Crippen molar-refractivity contribution in [2.45, 2.75) is 19.8 Å². The van der Waals surface area contributed by atoms with Crippen LogP contribution in [0, 0.1) is 0 Å². The molecule has 0 amide bonds. The second-order valence-electron chi connectivity index (χ2n) is 4.25. The molecular weight excluding hydrogens is 212 g/mol. The van der Waals surface area contributed by atoms with E-state index in [0.717, 1.165) is 5.75 Å². The number of hydrogen-bond acceptors (Lipinski definition) is 3. The predicted molar refractivity (Wildman–Crippen MR) is 69.3 cm³/mol. The van der Waals surface area contributed by atoms with Crippen LogP contribution in [0.25, 0.3) is 0 Å². The predicted octanol–water partition coefficient (Wildman–Crippen LogP) is 3.58. The molecule has 2 N–H and O–H groups in total. The normalized spacial score (nSPS) is 10.5. The number of rotatable bonds is 3. The van der Waals surface area contributed by atoms with Gasteiger partial charge in [-0.1, -0.05) is 26.0 Å². The highest BCUT2D eigenvalue weighted by atomic mass is 16.5. The van der Waals surface area contributed by atoms with E-state index in [1.54, 1.807) is 12.3 Å². The molecule has 2 aromatic rings. The number of nitrogens with two attached hydrogens (primary N) is 1. The number of anilines is 1. The summed E-state index contributed by atoms with van der Waals surface area (Å²) in [7, 11) is 0. The topological polar surface area (TPSA) is 48.1 Å². The molecular formula is C14H16N2O. The van der Waals surface area contributed by atoms with Crippen LogP contribution >= 0.6 is 0 Å². The van der Waals surface area contributed by atoms with Crippen molar-refractivity contribution >= 4 is 5.82 Å². The fourth-order valence-electron chi connectivity index (χ4n) is 1.53. The molecule has 1 heterocycles. The molecule has 0 saturated heterocycles. The highest BCUT2D eigenvalue weighted by Crippen LogP contribution is 2.24. The van der Waals surface area contributed by atoms with E-state index in [9.17, 15) is 0 Å². The molecule has 0 bridgehead atoms. The van der Waals surface area contributed by atoms with E-state index in [0.29, 0.717) is 17.5 Å². The Morgan fingerprint density at radius 1 is 1.12 bits per heavy atom. The Morgan fingerprint density at radius 3 is 2.59 bits per heavy atom. The smallest absolute Gasteiger partial charge is 0.145 e. The molecule has 0 aliphatic heterocycles. The highest BCUT2D eigenvalue weighted by Gasteiger charge is 2.02. The van der Waals surface area contributed by atoms with E-state index in [1.807, 2.05) is 24.3 Å². The standard InChI is InChI=1S/C14H16N2O/c1-10(2)11-4-3-5-12(8-11)17-13-6-7-14(15)16-9-13/h3-10H,1-2H3,(H2,15,16). The lowest BCUT2D eigenvalue weighted by Crippen LogP contribution is -1.92. The minimum Gasteiger partial charge on any atom is -0.456 e.